The summed E-state index contributed by atoms with van der Waals surface area (Å²) in [6.45, 7) is 10.3. The van der Waals surface area contributed by atoms with Crippen LogP contribution in [0.15, 0.2) is 34.9 Å². The lowest BCUT2D eigenvalue weighted by Gasteiger charge is -2.22. The minimum atomic E-state index is 0.0232. The molecule has 2 nitrogen and oxygen atoms in total. The zero-order valence-corrected chi connectivity index (χ0v) is 15.0. The van der Waals surface area contributed by atoms with Crippen molar-refractivity contribution in [2.75, 3.05) is 13.2 Å². The summed E-state index contributed by atoms with van der Waals surface area (Å²) in [5.74, 6) is 0. The molecule has 126 valence electrons. The van der Waals surface area contributed by atoms with Gasteiger partial charge in [-0.25, -0.2) is 0 Å². The van der Waals surface area contributed by atoms with Gasteiger partial charge < -0.3 is 9.47 Å². The zero-order valence-electron chi connectivity index (χ0n) is 15.0. The Morgan fingerprint density at radius 3 is 2.27 bits per heavy atom. The standard InChI is InChI=1S/C20H34O2/c1-17(2)9-7-10-18(3)11-8-12-19(4)14-16-22-20-13-5-6-15-21-20/h9,11,14,20H,5-8,10,12-13,15-16H2,1-4H3/b18-11+,19-14+/t20-/m1/s1. The average molecular weight is 306 g/mol. The van der Waals surface area contributed by atoms with Crippen molar-refractivity contribution in [1.29, 1.82) is 0 Å². The van der Waals surface area contributed by atoms with E-state index in [0.29, 0.717) is 6.61 Å². The van der Waals surface area contributed by atoms with Crippen molar-refractivity contribution in [2.45, 2.75) is 78.9 Å². The van der Waals surface area contributed by atoms with Crippen molar-refractivity contribution in [1.82, 2.24) is 0 Å². The van der Waals surface area contributed by atoms with Gasteiger partial charge in [0.2, 0.25) is 0 Å². The van der Waals surface area contributed by atoms with Gasteiger partial charge in [-0.1, -0.05) is 34.9 Å². The summed E-state index contributed by atoms with van der Waals surface area (Å²) >= 11 is 0. The molecular formula is C20H34O2. The molecule has 0 spiro atoms. The summed E-state index contributed by atoms with van der Waals surface area (Å²) in [6, 6.07) is 0. The van der Waals surface area contributed by atoms with E-state index >= 15 is 0 Å². The average Bonchev–Trinajstić information content (AvgIpc) is 2.48. The van der Waals surface area contributed by atoms with Crippen molar-refractivity contribution >= 4 is 0 Å². The Morgan fingerprint density at radius 2 is 1.64 bits per heavy atom. The minimum Gasteiger partial charge on any atom is -0.353 e. The minimum absolute atomic E-state index is 0.0232. The topological polar surface area (TPSA) is 18.5 Å². The van der Waals surface area contributed by atoms with Gasteiger partial charge >= 0.3 is 0 Å². The molecule has 0 amide bonds. The van der Waals surface area contributed by atoms with Gasteiger partial charge in [0.15, 0.2) is 6.29 Å². The molecule has 0 radical (unpaired) electrons. The van der Waals surface area contributed by atoms with Gasteiger partial charge in [0.25, 0.3) is 0 Å². The van der Waals surface area contributed by atoms with Gasteiger partial charge in [-0.2, -0.15) is 0 Å². The lowest BCUT2D eigenvalue weighted by Crippen LogP contribution is -2.22. The maximum atomic E-state index is 5.74. The lowest BCUT2D eigenvalue weighted by atomic mass is 10.1. The van der Waals surface area contributed by atoms with Gasteiger partial charge in [-0.15, -0.1) is 0 Å². The van der Waals surface area contributed by atoms with Crippen molar-refractivity contribution in [3.8, 4) is 0 Å². The zero-order chi connectivity index (χ0) is 16.2. The molecule has 1 rings (SSSR count). The molecule has 1 aliphatic rings. The molecule has 1 atom stereocenters. The number of allylic oxidation sites excluding steroid dienone is 5. The first kappa shape index (κ1) is 19.2. The van der Waals surface area contributed by atoms with Gasteiger partial charge in [-0.05, 0) is 72.6 Å². The Balaban J connectivity index is 2.14. The van der Waals surface area contributed by atoms with Crippen molar-refractivity contribution in [2.24, 2.45) is 0 Å². The highest BCUT2D eigenvalue weighted by molar-refractivity contribution is 5.05. The summed E-state index contributed by atoms with van der Waals surface area (Å²) < 4.78 is 11.3. The number of ether oxygens (including phenoxy) is 2. The van der Waals surface area contributed by atoms with Crippen molar-refractivity contribution < 1.29 is 9.47 Å². The third-order valence-electron chi connectivity index (χ3n) is 3.97. The molecule has 0 bridgehead atoms. The van der Waals surface area contributed by atoms with Crippen molar-refractivity contribution in [3.63, 3.8) is 0 Å². The third kappa shape index (κ3) is 9.97. The van der Waals surface area contributed by atoms with E-state index in [1.54, 1.807) is 0 Å². The largest absolute Gasteiger partial charge is 0.353 e. The maximum Gasteiger partial charge on any atom is 0.157 e. The first-order valence-corrected chi connectivity index (χ1v) is 8.75. The highest BCUT2D eigenvalue weighted by Crippen LogP contribution is 2.14. The fourth-order valence-electron chi connectivity index (χ4n) is 2.48. The molecule has 0 aromatic heterocycles. The molecule has 1 heterocycles. The molecule has 0 aromatic rings. The van der Waals surface area contributed by atoms with E-state index in [-0.39, 0.29) is 6.29 Å². The van der Waals surface area contributed by atoms with Crippen LogP contribution in [0.1, 0.15) is 72.6 Å². The molecule has 0 aliphatic carbocycles. The molecule has 1 aliphatic heterocycles. The third-order valence-corrected chi connectivity index (χ3v) is 3.97. The highest BCUT2D eigenvalue weighted by atomic mass is 16.7. The van der Waals surface area contributed by atoms with Crippen LogP contribution >= 0.6 is 0 Å². The quantitative estimate of drug-likeness (QED) is 0.490. The van der Waals surface area contributed by atoms with Crippen LogP contribution in [0, 0.1) is 0 Å². The molecule has 0 saturated carbocycles. The van der Waals surface area contributed by atoms with Crippen LogP contribution < -0.4 is 0 Å². The predicted octanol–water partition coefficient (Wildman–Crippen LogP) is 5.95. The van der Waals surface area contributed by atoms with Crippen LogP contribution in [0.3, 0.4) is 0 Å². The Labute approximate surface area is 137 Å². The fourth-order valence-corrected chi connectivity index (χ4v) is 2.48. The summed E-state index contributed by atoms with van der Waals surface area (Å²) in [6.07, 6.45) is 14.9. The second-order valence-corrected chi connectivity index (χ2v) is 6.59. The van der Waals surface area contributed by atoms with E-state index in [9.17, 15) is 0 Å². The fraction of sp³-hybridized carbons (Fsp3) is 0.700. The number of rotatable bonds is 9. The predicted molar refractivity (Wildman–Crippen MR) is 95.0 cm³/mol. The Hall–Kier alpha value is -0.860. The van der Waals surface area contributed by atoms with Gasteiger partial charge in [0.05, 0.1) is 6.61 Å². The number of hydrogen-bond acceptors (Lipinski definition) is 2. The van der Waals surface area contributed by atoms with E-state index in [0.717, 1.165) is 32.3 Å². The summed E-state index contributed by atoms with van der Waals surface area (Å²) in [5, 5.41) is 0. The van der Waals surface area contributed by atoms with Gasteiger partial charge in [0, 0.05) is 6.61 Å². The van der Waals surface area contributed by atoms with E-state index < -0.39 is 0 Å². The molecule has 22 heavy (non-hydrogen) atoms. The van der Waals surface area contributed by atoms with E-state index in [1.165, 1.54) is 36.0 Å². The normalized spacial score (nSPS) is 20.1. The number of hydrogen-bond donors (Lipinski definition) is 0. The molecule has 0 aromatic carbocycles. The van der Waals surface area contributed by atoms with Crippen LogP contribution in [0.5, 0.6) is 0 Å². The molecular weight excluding hydrogens is 272 g/mol. The summed E-state index contributed by atoms with van der Waals surface area (Å²) in [7, 11) is 0. The van der Waals surface area contributed by atoms with Gasteiger partial charge in [-0.3, -0.25) is 0 Å². The van der Waals surface area contributed by atoms with Crippen LogP contribution in [-0.2, 0) is 9.47 Å². The summed E-state index contributed by atoms with van der Waals surface area (Å²) in [5.41, 5.74) is 4.31. The van der Waals surface area contributed by atoms with E-state index in [4.69, 9.17) is 9.47 Å². The SMILES string of the molecule is CC(C)=CCC/C(C)=C/CC/C(C)=C/CO[C@@H]1CCCCO1. The van der Waals surface area contributed by atoms with Crippen LogP contribution in [0.4, 0.5) is 0 Å². The molecule has 0 unspecified atom stereocenters. The first-order valence-electron chi connectivity index (χ1n) is 8.75. The highest BCUT2D eigenvalue weighted by Gasteiger charge is 2.12. The van der Waals surface area contributed by atoms with Crippen LogP contribution in [0.25, 0.3) is 0 Å². The molecule has 2 heteroatoms. The Kier molecular flexibility index (Phi) is 10.2. The van der Waals surface area contributed by atoms with E-state index in [2.05, 4.69) is 45.9 Å². The van der Waals surface area contributed by atoms with Gasteiger partial charge in [0.1, 0.15) is 0 Å². The first-order chi connectivity index (χ1) is 10.6. The van der Waals surface area contributed by atoms with E-state index in [1.807, 2.05) is 0 Å². The molecule has 1 saturated heterocycles. The Bertz CT molecular complexity index is 381. The second-order valence-electron chi connectivity index (χ2n) is 6.59. The van der Waals surface area contributed by atoms with Crippen LogP contribution in [0.2, 0.25) is 0 Å². The van der Waals surface area contributed by atoms with Crippen LogP contribution in [-0.4, -0.2) is 19.5 Å². The Morgan fingerprint density at radius 1 is 0.955 bits per heavy atom. The maximum absolute atomic E-state index is 5.74. The van der Waals surface area contributed by atoms with Crippen molar-refractivity contribution in [3.05, 3.63) is 34.9 Å². The summed E-state index contributed by atoms with van der Waals surface area (Å²) in [4.78, 5) is 0. The molecule has 0 N–H and O–H groups in total. The molecule has 1 fully saturated rings. The monoisotopic (exact) mass is 306 g/mol. The lowest BCUT2D eigenvalue weighted by molar-refractivity contribution is -0.155. The second kappa shape index (κ2) is 11.7. The smallest absolute Gasteiger partial charge is 0.157 e.